The van der Waals surface area contributed by atoms with Crippen LogP contribution in [0.15, 0.2) is 48.5 Å². The van der Waals surface area contributed by atoms with Crippen LogP contribution in [0.25, 0.3) is 0 Å². The number of carbonyl (C=O) groups is 2. The van der Waals surface area contributed by atoms with Crippen molar-refractivity contribution in [3.05, 3.63) is 59.7 Å². The normalized spacial score (nSPS) is 12.5. The Balaban J connectivity index is 2.06. The summed E-state index contributed by atoms with van der Waals surface area (Å²) in [6.07, 6.45) is -10.2. The molecule has 7 nitrogen and oxygen atoms in total. The van der Waals surface area contributed by atoms with Crippen molar-refractivity contribution in [3.63, 3.8) is 0 Å². The van der Waals surface area contributed by atoms with Gasteiger partial charge in [0.2, 0.25) is 5.91 Å². The Morgan fingerprint density at radius 3 is 2.08 bits per heavy atom. The molecule has 0 spiro atoms. The Morgan fingerprint density at radius 2 is 1.53 bits per heavy atom. The number of carbonyl (C=O) groups excluding carboxylic acids is 2. The second kappa shape index (κ2) is 13.0. The summed E-state index contributed by atoms with van der Waals surface area (Å²) >= 11 is 0. The number of ether oxygens (including phenoxy) is 2. The van der Waals surface area contributed by atoms with Gasteiger partial charge in [-0.2, -0.15) is 13.2 Å². The predicted octanol–water partition coefficient (Wildman–Crippen LogP) is 3.76. The number of rotatable bonds is 12. The Hall–Kier alpha value is -3.48. The van der Waals surface area contributed by atoms with Gasteiger partial charge in [-0.15, -0.1) is 13.2 Å². The summed E-state index contributed by atoms with van der Waals surface area (Å²) in [6.45, 7) is -0.628. The number of hydrogen-bond acceptors (Lipinski definition) is 5. The zero-order chi connectivity index (χ0) is 26.8. The first-order valence-corrected chi connectivity index (χ1v) is 10.7. The Kier molecular flexibility index (Phi) is 10.4. The van der Waals surface area contributed by atoms with E-state index < -0.39 is 49.2 Å². The molecule has 0 aromatic heterocycles. The lowest BCUT2D eigenvalue weighted by Gasteiger charge is -2.19. The fourth-order valence-corrected chi connectivity index (χ4v) is 2.91. The zero-order valence-electron chi connectivity index (χ0n) is 18.8. The molecule has 0 heterocycles. The highest BCUT2D eigenvalue weighted by atomic mass is 19.4. The summed E-state index contributed by atoms with van der Waals surface area (Å²) in [4.78, 5) is 25.3. The maximum atomic E-state index is 12.7. The van der Waals surface area contributed by atoms with Crippen LogP contribution in [0.4, 0.5) is 26.3 Å². The third-order valence-electron chi connectivity index (χ3n) is 4.62. The molecule has 2 aromatic carbocycles. The quantitative estimate of drug-likeness (QED) is 0.292. The SMILES string of the molecule is O=C(NC(Cc1ccc(OC(F)(F)F)cc1)C(=O)NCCCO)c1ccc(OCCC(F)(F)F)cc1. The summed E-state index contributed by atoms with van der Waals surface area (Å²) in [5.41, 5.74) is 0.529. The van der Waals surface area contributed by atoms with E-state index in [1.54, 1.807) is 0 Å². The van der Waals surface area contributed by atoms with Crippen LogP contribution in [0.1, 0.15) is 28.8 Å². The van der Waals surface area contributed by atoms with Crippen molar-refractivity contribution in [2.75, 3.05) is 19.8 Å². The first kappa shape index (κ1) is 28.8. The molecule has 0 saturated carbocycles. The Labute approximate surface area is 202 Å². The van der Waals surface area contributed by atoms with Gasteiger partial charge >= 0.3 is 12.5 Å². The van der Waals surface area contributed by atoms with Gasteiger partial charge in [-0.25, -0.2) is 0 Å². The van der Waals surface area contributed by atoms with E-state index >= 15 is 0 Å². The Bertz CT molecular complexity index is 978. The third kappa shape index (κ3) is 10.8. The molecule has 0 fully saturated rings. The molecule has 3 N–H and O–H groups in total. The highest BCUT2D eigenvalue weighted by molar-refractivity contribution is 5.97. The summed E-state index contributed by atoms with van der Waals surface area (Å²) in [6, 6.07) is 8.88. The van der Waals surface area contributed by atoms with Gasteiger partial charge in [0.25, 0.3) is 5.91 Å². The molecule has 2 aromatic rings. The second-order valence-electron chi connectivity index (χ2n) is 7.53. The average molecular weight is 522 g/mol. The average Bonchev–Trinajstić information content (AvgIpc) is 2.78. The van der Waals surface area contributed by atoms with Crippen molar-refractivity contribution < 1.29 is 50.5 Å². The molecule has 1 atom stereocenters. The maximum Gasteiger partial charge on any atom is 0.573 e. The van der Waals surface area contributed by atoms with Crippen molar-refractivity contribution in [1.82, 2.24) is 10.6 Å². The van der Waals surface area contributed by atoms with Gasteiger partial charge in [0.1, 0.15) is 17.5 Å². The highest BCUT2D eigenvalue weighted by Crippen LogP contribution is 2.23. The van der Waals surface area contributed by atoms with Gasteiger partial charge in [0.15, 0.2) is 0 Å². The summed E-state index contributed by atoms with van der Waals surface area (Å²) < 4.78 is 82.5. The standard InChI is InChI=1S/C23H24F6N2O5/c24-22(25,26)10-13-35-17-8-4-16(5-9-17)20(33)31-19(21(34)30-11-1-12-32)14-15-2-6-18(7-3-15)36-23(27,28)29/h2-9,19,32H,1,10-14H2,(H,30,34)(H,31,33). The van der Waals surface area contributed by atoms with Crippen LogP contribution >= 0.6 is 0 Å². The lowest BCUT2D eigenvalue weighted by molar-refractivity contribution is -0.274. The fraction of sp³-hybridized carbons (Fsp3) is 0.391. The molecule has 13 heteroatoms. The number of amides is 2. The first-order valence-electron chi connectivity index (χ1n) is 10.7. The van der Waals surface area contributed by atoms with Crippen molar-refractivity contribution in [1.29, 1.82) is 0 Å². The largest absolute Gasteiger partial charge is 0.573 e. The predicted molar refractivity (Wildman–Crippen MR) is 115 cm³/mol. The number of hydrogen-bond donors (Lipinski definition) is 3. The molecule has 1 unspecified atom stereocenters. The number of nitrogens with one attached hydrogen (secondary N) is 2. The molecule has 2 rings (SSSR count). The molecule has 0 aliphatic heterocycles. The summed E-state index contributed by atoms with van der Waals surface area (Å²) in [7, 11) is 0. The molecule has 0 saturated heterocycles. The maximum absolute atomic E-state index is 12.7. The number of alkyl halides is 6. The number of halogens is 6. The van der Waals surface area contributed by atoms with Gasteiger partial charge in [-0.05, 0) is 48.4 Å². The highest BCUT2D eigenvalue weighted by Gasteiger charge is 2.31. The molecule has 36 heavy (non-hydrogen) atoms. The molecule has 2 amide bonds. The minimum atomic E-state index is -4.86. The van der Waals surface area contributed by atoms with Crippen molar-refractivity contribution in [3.8, 4) is 11.5 Å². The van der Waals surface area contributed by atoms with Crippen molar-refractivity contribution in [2.24, 2.45) is 0 Å². The van der Waals surface area contributed by atoms with E-state index in [1.807, 2.05) is 0 Å². The van der Waals surface area contributed by atoms with Gasteiger partial charge < -0.3 is 25.2 Å². The van der Waals surface area contributed by atoms with Crippen LogP contribution in [0, 0.1) is 0 Å². The molecule has 0 aliphatic carbocycles. The second-order valence-corrected chi connectivity index (χ2v) is 7.53. The molecule has 0 aliphatic rings. The minimum absolute atomic E-state index is 0.0678. The van der Waals surface area contributed by atoms with Crippen LogP contribution in [0.5, 0.6) is 11.5 Å². The van der Waals surface area contributed by atoms with E-state index in [0.717, 1.165) is 12.1 Å². The fourth-order valence-electron chi connectivity index (χ4n) is 2.91. The summed E-state index contributed by atoms with van der Waals surface area (Å²) in [5, 5.41) is 14.0. The van der Waals surface area contributed by atoms with Crippen LogP contribution in [-0.2, 0) is 11.2 Å². The number of aliphatic hydroxyl groups excluding tert-OH is 1. The van der Waals surface area contributed by atoms with Crippen molar-refractivity contribution >= 4 is 11.8 Å². The lowest BCUT2D eigenvalue weighted by atomic mass is 10.0. The van der Waals surface area contributed by atoms with Crippen LogP contribution < -0.4 is 20.1 Å². The van der Waals surface area contributed by atoms with Crippen LogP contribution in [0.2, 0.25) is 0 Å². The van der Waals surface area contributed by atoms with Crippen LogP contribution in [-0.4, -0.2) is 55.3 Å². The molecular weight excluding hydrogens is 498 g/mol. The molecule has 198 valence electrons. The minimum Gasteiger partial charge on any atom is -0.493 e. The van der Waals surface area contributed by atoms with Crippen molar-refractivity contribution in [2.45, 2.75) is 37.8 Å². The van der Waals surface area contributed by atoms with E-state index in [9.17, 15) is 35.9 Å². The van der Waals surface area contributed by atoms with E-state index in [4.69, 9.17) is 9.84 Å². The number of aliphatic hydroxyl groups is 1. The Morgan fingerprint density at radius 1 is 0.917 bits per heavy atom. The third-order valence-corrected chi connectivity index (χ3v) is 4.62. The zero-order valence-corrected chi connectivity index (χ0v) is 18.8. The molecular formula is C23H24F6N2O5. The van der Waals surface area contributed by atoms with Gasteiger partial charge in [-0.1, -0.05) is 12.1 Å². The van der Waals surface area contributed by atoms with E-state index in [-0.39, 0.29) is 37.3 Å². The van der Waals surface area contributed by atoms with E-state index in [1.165, 1.54) is 36.4 Å². The van der Waals surface area contributed by atoms with Crippen LogP contribution in [0.3, 0.4) is 0 Å². The topological polar surface area (TPSA) is 96.9 Å². The molecule has 0 bridgehead atoms. The van der Waals surface area contributed by atoms with Gasteiger partial charge in [0.05, 0.1) is 13.0 Å². The monoisotopic (exact) mass is 522 g/mol. The number of benzene rings is 2. The first-order chi connectivity index (χ1) is 16.9. The molecule has 0 radical (unpaired) electrons. The smallest absolute Gasteiger partial charge is 0.493 e. The van der Waals surface area contributed by atoms with E-state index in [2.05, 4.69) is 15.4 Å². The van der Waals surface area contributed by atoms with E-state index in [0.29, 0.717) is 5.56 Å². The van der Waals surface area contributed by atoms with Gasteiger partial charge in [0, 0.05) is 25.1 Å². The summed E-state index contributed by atoms with van der Waals surface area (Å²) in [5.74, 6) is -1.58. The van der Waals surface area contributed by atoms with Gasteiger partial charge in [-0.3, -0.25) is 9.59 Å². The lowest BCUT2D eigenvalue weighted by Crippen LogP contribution is -2.48.